The minimum atomic E-state index is -4.04. The molecule has 0 heterocycles. The summed E-state index contributed by atoms with van der Waals surface area (Å²) in [5.41, 5.74) is 0. The fourth-order valence-corrected chi connectivity index (χ4v) is 0. The Balaban J connectivity index is 0. The van der Waals surface area contributed by atoms with E-state index in [0.717, 1.165) is 0 Å². The van der Waals surface area contributed by atoms with Crippen molar-refractivity contribution in [2.45, 2.75) is 0 Å². The van der Waals surface area contributed by atoms with Gasteiger partial charge in [0, 0.05) is 0 Å². The molecule has 0 aromatic heterocycles. The Labute approximate surface area is 62.7 Å². The van der Waals surface area contributed by atoms with Gasteiger partial charge < -0.3 is 6.15 Å². The number of halogens is 5. The van der Waals surface area contributed by atoms with Crippen molar-refractivity contribution in [3.05, 3.63) is 6.15 Å². The standard InChI is InChI=1S/5ClH.H2N.Rh/h5*1H;1H2;/q;;;;;-1;+5/p-5. The van der Waals surface area contributed by atoms with E-state index in [4.69, 9.17) is 48.5 Å². The van der Waals surface area contributed by atoms with E-state index in [9.17, 15) is 0 Å². The third-order valence-electron chi connectivity index (χ3n) is 0. The molecule has 0 saturated carbocycles. The van der Waals surface area contributed by atoms with Gasteiger partial charge in [-0.05, 0) is 0 Å². The van der Waals surface area contributed by atoms with Crippen LogP contribution in [0.15, 0.2) is 0 Å². The summed E-state index contributed by atoms with van der Waals surface area (Å²) < 4.78 is 0. The molecule has 0 rings (SSSR count). The minimum absolute atomic E-state index is 0. The van der Waals surface area contributed by atoms with Crippen molar-refractivity contribution in [3.8, 4) is 0 Å². The molecule has 0 radical (unpaired) electrons. The van der Waals surface area contributed by atoms with Gasteiger partial charge in [0.05, 0.1) is 0 Å². The quantitative estimate of drug-likeness (QED) is 0.601. The first-order chi connectivity index (χ1) is 2.24. The van der Waals surface area contributed by atoms with E-state index in [2.05, 4.69) is 0 Å². The Morgan fingerprint density at radius 2 is 0.714 bits per heavy atom. The van der Waals surface area contributed by atoms with Crippen LogP contribution in [0.5, 0.6) is 0 Å². The van der Waals surface area contributed by atoms with Crippen molar-refractivity contribution in [2.75, 3.05) is 0 Å². The number of rotatable bonds is 0. The van der Waals surface area contributed by atoms with Crippen LogP contribution in [0.2, 0.25) is 0 Å². The van der Waals surface area contributed by atoms with Crippen LogP contribution >= 0.6 is 48.5 Å². The zero-order chi connectivity index (χ0) is 5.45. The summed E-state index contributed by atoms with van der Waals surface area (Å²) in [4.78, 5) is 0. The van der Waals surface area contributed by atoms with Gasteiger partial charge in [-0.3, -0.25) is 0 Å². The van der Waals surface area contributed by atoms with Gasteiger partial charge in [0.15, 0.2) is 0 Å². The zero-order valence-electron chi connectivity index (χ0n) is 2.80. The van der Waals surface area contributed by atoms with E-state index in [-0.39, 0.29) is 6.15 Å². The molecule has 0 amide bonds. The summed E-state index contributed by atoms with van der Waals surface area (Å²) in [7, 11) is 21.0. The van der Waals surface area contributed by atoms with Gasteiger partial charge in [0.1, 0.15) is 0 Å². The van der Waals surface area contributed by atoms with Gasteiger partial charge in [0.25, 0.3) is 0 Å². The second-order valence-corrected chi connectivity index (χ2v) is 25.4. The van der Waals surface area contributed by atoms with Gasteiger partial charge in [-0.2, -0.15) is 0 Å². The van der Waals surface area contributed by atoms with Gasteiger partial charge in [0.2, 0.25) is 0 Å². The summed E-state index contributed by atoms with van der Waals surface area (Å²) in [5, 5.41) is 0. The van der Waals surface area contributed by atoms with Gasteiger partial charge in [-0.25, -0.2) is 0 Å². The Morgan fingerprint density at radius 3 is 0.714 bits per heavy atom. The van der Waals surface area contributed by atoms with E-state index in [1.807, 2.05) is 0 Å². The van der Waals surface area contributed by atoms with Crippen LogP contribution in [0.1, 0.15) is 0 Å². The smallest absolute Gasteiger partial charge is 0.693 e. The fraction of sp³-hybridized carbons (Fsp3) is 0. The average molecular weight is 296 g/mol. The first-order valence-corrected chi connectivity index (χ1v) is 11.2. The number of hydrogen-bond donors (Lipinski definition) is 0. The molecule has 7 heavy (non-hydrogen) atoms. The predicted octanol–water partition coefficient (Wildman–Crippen LogP) is 4.16. The van der Waals surface area contributed by atoms with Crippen molar-refractivity contribution in [1.82, 2.24) is 0 Å². The predicted molar refractivity (Wildman–Crippen MR) is 34.5 cm³/mol. The number of nitrogens with two attached hydrogens (primary N) is 1. The monoisotopic (exact) mass is 294 g/mol. The van der Waals surface area contributed by atoms with E-state index in [1.165, 1.54) is 0 Å². The average Bonchev–Trinajstić information content (AvgIpc) is 0.650. The van der Waals surface area contributed by atoms with Crippen LogP contribution in [0.25, 0.3) is 6.15 Å². The van der Waals surface area contributed by atoms with Crippen LogP contribution in [-0.4, -0.2) is 0 Å². The van der Waals surface area contributed by atoms with Crippen molar-refractivity contribution < 1.29 is 8.65 Å². The molecule has 0 aliphatic rings. The van der Waals surface area contributed by atoms with Gasteiger partial charge in [-0.1, -0.05) is 0 Å². The molecule has 0 fully saturated rings. The van der Waals surface area contributed by atoms with E-state index in [0.29, 0.717) is 0 Å². The molecule has 52 valence electrons. The molecule has 0 atom stereocenters. The molecule has 0 aliphatic carbocycles. The normalized spacial score (nSPS) is 16.4. The van der Waals surface area contributed by atoms with Gasteiger partial charge >= 0.3 is 57.1 Å². The maximum atomic E-state index is 5.02. The molecule has 1 nitrogen and oxygen atoms in total. The molecular weight excluding hydrogens is 294 g/mol. The fourth-order valence-electron chi connectivity index (χ4n) is 0. The molecule has 0 aromatic rings. The Kier molecular flexibility index (Phi) is 4.62. The summed E-state index contributed by atoms with van der Waals surface area (Å²) in [6, 6.07) is 0. The zero-order valence-corrected chi connectivity index (χ0v) is 8.22. The molecule has 0 aliphatic heterocycles. The molecule has 0 bridgehead atoms. The van der Waals surface area contributed by atoms with Crippen LogP contribution < -0.4 is 0 Å². The third-order valence-corrected chi connectivity index (χ3v) is 0. The molecule has 2 N–H and O–H groups in total. The third kappa shape index (κ3) is 70.7. The van der Waals surface area contributed by atoms with Crippen molar-refractivity contribution in [3.63, 3.8) is 0 Å². The topological polar surface area (TPSA) is 33.5 Å². The van der Waals surface area contributed by atoms with Crippen LogP contribution in [0, 0.1) is 0 Å². The largest absolute Gasteiger partial charge is 0.693 e. The van der Waals surface area contributed by atoms with Crippen molar-refractivity contribution >= 4 is 48.5 Å². The van der Waals surface area contributed by atoms with Gasteiger partial charge in [-0.15, -0.1) is 0 Å². The first kappa shape index (κ1) is 11.8. The second kappa shape index (κ2) is 2.74. The molecule has 0 spiro atoms. The summed E-state index contributed by atoms with van der Waals surface area (Å²) in [6.07, 6.45) is 0. The minimum Gasteiger partial charge on any atom is -0.693 e. The van der Waals surface area contributed by atoms with Crippen LogP contribution in [0.3, 0.4) is 0 Å². The summed E-state index contributed by atoms with van der Waals surface area (Å²) in [6.45, 7) is 0. The van der Waals surface area contributed by atoms with Crippen LogP contribution in [-0.2, 0) is 8.65 Å². The molecule has 0 unspecified atom stereocenters. The summed E-state index contributed by atoms with van der Waals surface area (Å²) >= 11 is 0. The maximum Gasteiger partial charge on any atom is -0.693 e. The summed E-state index contributed by atoms with van der Waals surface area (Å²) in [5.74, 6) is 0. The van der Waals surface area contributed by atoms with E-state index >= 15 is 0 Å². The maximum absolute atomic E-state index is 5.02. The van der Waals surface area contributed by atoms with Crippen molar-refractivity contribution in [2.24, 2.45) is 0 Å². The Bertz CT molecular complexity index is 41.3. The second-order valence-electron chi connectivity index (χ2n) is 0.476. The molecule has 0 saturated heterocycles. The Morgan fingerprint density at radius 1 is 0.714 bits per heavy atom. The molecule has 7 heteroatoms. The van der Waals surface area contributed by atoms with E-state index in [1.54, 1.807) is 0 Å². The molecular formula is H2Cl5NRh-. The van der Waals surface area contributed by atoms with E-state index < -0.39 is 8.65 Å². The molecule has 0 aromatic carbocycles. The Hall–Kier alpha value is 2.03. The van der Waals surface area contributed by atoms with Crippen LogP contribution in [0.4, 0.5) is 0 Å². The van der Waals surface area contributed by atoms with Crippen molar-refractivity contribution in [1.29, 1.82) is 0 Å². The SMILES string of the molecule is [Cl][Rh]([Cl])([Cl])([Cl])[Cl].[NH2-]. The number of hydrogen-bond acceptors (Lipinski definition) is 0. The first-order valence-electron chi connectivity index (χ1n) is 0.630.